The molecule has 0 unspecified atom stereocenters. The second-order valence-corrected chi connectivity index (χ2v) is 8.13. The van der Waals surface area contributed by atoms with Gasteiger partial charge in [0.2, 0.25) is 10.0 Å². The maximum Gasteiger partial charge on any atom is 0.317 e. The highest BCUT2D eigenvalue weighted by molar-refractivity contribution is 8.31. The minimum Gasteiger partial charge on any atom is -0.211 e. The fourth-order valence-corrected chi connectivity index (χ4v) is 1.94. The van der Waals surface area contributed by atoms with Crippen LogP contribution in [0.2, 0.25) is 0 Å². The Bertz CT molecular complexity index is 520. The van der Waals surface area contributed by atoms with Crippen LogP contribution in [-0.2, 0) is 18.3 Å². The van der Waals surface area contributed by atoms with Gasteiger partial charge in [-0.3, -0.25) is 0 Å². The topological polar surface area (TPSA) is 80.3 Å². The number of halogens is 2. The fraction of sp³-hybridized carbons (Fsp3) is 0.250. The van der Waals surface area contributed by atoms with Crippen molar-refractivity contribution in [1.82, 2.24) is 4.72 Å². The van der Waals surface area contributed by atoms with Crippen molar-refractivity contribution in [3.63, 3.8) is 0 Å². The van der Waals surface area contributed by atoms with Crippen LogP contribution in [-0.4, -0.2) is 23.4 Å². The monoisotopic (exact) mass is 319 g/mol. The number of benzene rings is 1. The first kappa shape index (κ1) is 16.7. The second-order valence-electron chi connectivity index (χ2n) is 2.69. The lowest BCUT2D eigenvalue weighted by Gasteiger charge is -2.02. The van der Waals surface area contributed by atoms with Crippen molar-refractivity contribution < 1.29 is 16.8 Å². The molecule has 0 aliphatic heterocycles. The first-order chi connectivity index (χ1) is 7.67. The maximum atomic E-state index is 11.3. The van der Waals surface area contributed by atoms with Crippen LogP contribution in [0, 0.1) is 0 Å². The molecule has 0 spiro atoms. The summed E-state index contributed by atoms with van der Waals surface area (Å²) in [6.07, 6.45) is 0. The molecule has 0 bridgehead atoms. The normalized spacial score (nSPS) is 11.5. The summed E-state index contributed by atoms with van der Waals surface area (Å²) in [4.78, 5) is 0.312. The molecule has 98 valence electrons. The summed E-state index contributed by atoms with van der Waals surface area (Å²) in [5.41, 5.74) is 0. The van der Waals surface area contributed by atoms with E-state index in [1.165, 1.54) is 0 Å². The number of rotatable bonds is 3. The summed E-state index contributed by atoms with van der Waals surface area (Å²) in [5.74, 6) is 0. The lowest BCUT2D eigenvalue weighted by molar-refractivity contribution is 0.584. The summed E-state index contributed by atoms with van der Waals surface area (Å²) >= 11 is 0. The van der Waals surface area contributed by atoms with E-state index in [1.54, 1.807) is 37.3 Å². The van der Waals surface area contributed by atoms with Crippen molar-refractivity contribution >= 4 is 39.7 Å². The van der Waals surface area contributed by atoms with Crippen LogP contribution in [0.3, 0.4) is 0 Å². The summed E-state index contributed by atoms with van der Waals surface area (Å²) < 4.78 is 43.4. The van der Waals surface area contributed by atoms with Crippen LogP contribution >= 0.6 is 21.4 Å². The van der Waals surface area contributed by atoms with E-state index < -0.39 is 18.3 Å². The highest BCUT2D eigenvalue weighted by atomic mass is 36.0. The van der Waals surface area contributed by atoms with Gasteiger partial charge in [-0.2, -0.15) is 8.42 Å². The van der Waals surface area contributed by atoms with Crippen molar-refractivity contribution in [2.24, 2.45) is 0 Å². The van der Waals surface area contributed by atoms with Crippen LogP contribution < -0.4 is 4.72 Å². The Morgan fingerprint density at radius 1 is 1.06 bits per heavy atom. The fourth-order valence-electron chi connectivity index (χ4n) is 0.873. The number of nitrogens with one attached hydrogen (secondary N) is 1. The Morgan fingerprint density at radius 2 is 1.47 bits per heavy atom. The first-order valence-electron chi connectivity index (χ1n) is 4.35. The van der Waals surface area contributed by atoms with Gasteiger partial charge in [0.25, 0.3) is 0 Å². The van der Waals surface area contributed by atoms with Crippen molar-refractivity contribution in [3.8, 4) is 0 Å². The van der Waals surface area contributed by atoms with Crippen LogP contribution in [0.25, 0.3) is 0 Å². The second kappa shape index (κ2) is 7.17. The molecule has 0 amide bonds. The summed E-state index contributed by atoms with van der Waals surface area (Å²) in [6.45, 7) is 2.16. The van der Waals surface area contributed by atoms with E-state index in [-0.39, 0.29) is 0 Å². The van der Waals surface area contributed by atoms with Crippen molar-refractivity contribution in [3.05, 3.63) is 30.3 Å². The zero-order valence-electron chi connectivity index (χ0n) is 8.80. The largest absolute Gasteiger partial charge is 0.317 e. The number of hydrogen-bond acceptors (Lipinski definition) is 4. The molecule has 1 aromatic carbocycles. The Balaban J connectivity index is 0.000000437. The van der Waals surface area contributed by atoms with Gasteiger partial charge in [-0.25, -0.2) is 13.1 Å². The van der Waals surface area contributed by atoms with E-state index in [9.17, 15) is 8.42 Å². The molecule has 0 aliphatic rings. The van der Waals surface area contributed by atoms with E-state index in [1.807, 2.05) is 0 Å². The minimum atomic E-state index is -3.72. The molecular formula is C8H11Cl2NO4S2. The van der Waals surface area contributed by atoms with Crippen molar-refractivity contribution in [1.29, 1.82) is 0 Å². The summed E-state index contributed by atoms with van der Waals surface area (Å²) in [6, 6.07) is 8.31. The van der Waals surface area contributed by atoms with E-state index in [0.717, 1.165) is 0 Å². The molecule has 1 N–H and O–H groups in total. The maximum absolute atomic E-state index is 11.3. The van der Waals surface area contributed by atoms with Gasteiger partial charge in [0.15, 0.2) is 0 Å². The molecule has 1 rings (SSSR count). The van der Waals surface area contributed by atoms with Gasteiger partial charge in [-0.05, 0) is 12.1 Å². The molecule has 0 aliphatic carbocycles. The first-order valence-corrected chi connectivity index (χ1v) is 8.97. The SMILES string of the molecule is CCNS(=O)(=O)c1ccccc1.O=S(=O)(Cl)Cl. The van der Waals surface area contributed by atoms with Crippen LogP contribution in [0.15, 0.2) is 35.2 Å². The third kappa shape index (κ3) is 9.37. The lowest BCUT2D eigenvalue weighted by Crippen LogP contribution is -2.22. The Kier molecular flexibility index (Phi) is 7.03. The third-order valence-corrected chi connectivity index (χ3v) is 2.95. The Hall–Kier alpha value is -0.340. The highest BCUT2D eigenvalue weighted by Gasteiger charge is 2.09. The summed E-state index contributed by atoms with van der Waals surface area (Å²) in [5, 5.41) is 0. The van der Waals surface area contributed by atoms with Gasteiger partial charge in [0, 0.05) is 27.9 Å². The van der Waals surface area contributed by atoms with Gasteiger partial charge >= 0.3 is 8.26 Å². The molecule has 0 aromatic heterocycles. The molecule has 0 heterocycles. The van der Waals surface area contributed by atoms with Crippen LogP contribution in [0.1, 0.15) is 6.92 Å². The van der Waals surface area contributed by atoms with E-state index >= 15 is 0 Å². The zero-order chi connectivity index (χ0) is 13.5. The molecule has 5 nitrogen and oxygen atoms in total. The Labute approximate surface area is 110 Å². The number of sulfonamides is 1. The molecule has 0 saturated carbocycles. The molecule has 1 aromatic rings. The van der Waals surface area contributed by atoms with E-state index in [4.69, 9.17) is 8.42 Å². The molecule has 0 fully saturated rings. The van der Waals surface area contributed by atoms with Crippen molar-refractivity contribution in [2.75, 3.05) is 6.54 Å². The Morgan fingerprint density at radius 3 is 1.82 bits per heavy atom. The highest BCUT2D eigenvalue weighted by Crippen LogP contribution is 2.05. The predicted octanol–water partition coefficient (Wildman–Crippen LogP) is 1.69. The lowest BCUT2D eigenvalue weighted by atomic mass is 10.4. The molecule has 9 heteroatoms. The molecule has 17 heavy (non-hydrogen) atoms. The average Bonchev–Trinajstić information content (AvgIpc) is 2.16. The standard InChI is InChI=1S/C8H11NO2S.Cl2O2S/c1-2-9-12(10,11)8-6-4-3-5-7-8;1-5(2,3)4/h3-7,9H,2H2,1H3;. The van der Waals surface area contributed by atoms with Gasteiger partial charge in [-0.1, -0.05) is 25.1 Å². The van der Waals surface area contributed by atoms with Gasteiger partial charge in [-0.15, -0.1) is 0 Å². The van der Waals surface area contributed by atoms with Crippen molar-refractivity contribution in [2.45, 2.75) is 11.8 Å². The zero-order valence-corrected chi connectivity index (χ0v) is 11.9. The van der Waals surface area contributed by atoms with Gasteiger partial charge in [0.1, 0.15) is 0 Å². The third-order valence-electron chi connectivity index (χ3n) is 1.39. The molecule has 0 radical (unpaired) electrons. The average molecular weight is 320 g/mol. The van der Waals surface area contributed by atoms with Crippen LogP contribution in [0.4, 0.5) is 0 Å². The van der Waals surface area contributed by atoms with Gasteiger partial charge < -0.3 is 0 Å². The molecule has 0 atom stereocenters. The minimum absolute atomic E-state index is 0.312. The predicted molar refractivity (Wildman–Crippen MR) is 67.9 cm³/mol. The smallest absolute Gasteiger partial charge is 0.211 e. The number of hydrogen-bond donors (Lipinski definition) is 1. The van der Waals surface area contributed by atoms with Gasteiger partial charge in [0.05, 0.1) is 4.90 Å². The quantitative estimate of drug-likeness (QED) is 0.860. The summed E-state index contributed by atoms with van der Waals surface area (Å²) in [7, 11) is 1.55. The molecular weight excluding hydrogens is 309 g/mol. The van der Waals surface area contributed by atoms with E-state index in [2.05, 4.69) is 26.1 Å². The van der Waals surface area contributed by atoms with Crippen LogP contribution in [0.5, 0.6) is 0 Å². The van der Waals surface area contributed by atoms with E-state index in [0.29, 0.717) is 11.4 Å². The molecule has 0 saturated heterocycles.